The minimum Gasteiger partial charge on any atom is -0.492 e. The molecule has 1 aliphatic heterocycles. The summed E-state index contributed by atoms with van der Waals surface area (Å²) < 4.78 is 11.1. The fourth-order valence-corrected chi connectivity index (χ4v) is 3.03. The Morgan fingerprint density at radius 1 is 1.28 bits per heavy atom. The Balaban J connectivity index is 1.87. The van der Waals surface area contributed by atoms with Crippen molar-refractivity contribution in [2.24, 2.45) is 0 Å². The van der Waals surface area contributed by atoms with E-state index < -0.39 is 22.8 Å². The van der Waals surface area contributed by atoms with Gasteiger partial charge in [-0.2, -0.15) is 0 Å². The lowest BCUT2D eigenvalue weighted by Crippen LogP contribution is -2.48. The van der Waals surface area contributed by atoms with E-state index in [0.717, 1.165) is 0 Å². The smallest absolute Gasteiger partial charge is 0.271 e. The molecule has 0 bridgehead atoms. The van der Waals surface area contributed by atoms with E-state index in [1.165, 1.54) is 23.1 Å². The van der Waals surface area contributed by atoms with Gasteiger partial charge in [0, 0.05) is 12.1 Å². The van der Waals surface area contributed by atoms with Crippen LogP contribution in [0.3, 0.4) is 0 Å². The number of hydrogen-bond donors (Lipinski definition) is 1. The van der Waals surface area contributed by atoms with Crippen LogP contribution in [0.4, 0.5) is 17.1 Å². The van der Waals surface area contributed by atoms with Gasteiger partial charge >= 0.3 is 0 Å². The topological polar surface area (TPSA) is 111 Å². The van der Waals surface area contributed by atoms with E-state index in [-0.39, 0.29) is 17.9 Å². The van der Waals surface area contributed by atoms with E-state index in [1.54, 1.807) is 31.2 Å². The second kappa shape index (κ2) is 8.59. The Hall–Kier alpha value is -3.62. The standard InChI is InChI=1S/C20H21N3O6/c1-3-16-20(25)22(15-11-13(23(26)27)9-10-18(15)29-16)12-19(24)21-14-7-5-6-8-17(14)28-4-2/h5-11,16H,3-4,12H2,1-2H3,(H,21,24). The van der Waals surface area contributed by atoms with Gasteiger partial charge in [-0.15, -0.1) is 0 Å². The molecule has 3 rings (SSSR count). The highest BCUT2D eigenvalue weighted by molar-refractivity contribution is 6.06. The molecule has 0 aromatic heterocycles. The molecule has 2 aromatic carbocycles. The summed E-state index contributed by atoms with van der Waals surface area (Å²) in [6, 6.07) is 10.9. The predicted molar refractivity (Wildman–Crippen MR) is 106 cm³/mol. The largest absolute Gasteiger partial charge is 0.492 e. The lowest BCUT2D eigenvalue weighted by atomic mass is 10.1. The zero-order chi connectivity index (χ0) is 21.0. The van der Waals surface area contributed by atoms with Crippen molar-refractivity contribution in [3.05, 3.63) is 52.6 Å². The number of carbonyl (C=O) groups excluding carboxylic acids is 2. The minimum absolute atomic E-state index is 0.192. The van der Waals surface area contributed by atoms with Crippen LogP contribution in [-0.2, 0) is 9.59 Å². The summed E-state index contributed by atoms with van der Waals surface area (Å²) in [6.45, 7) is 3.74. The number of nitrogens with one attached hydrogen (secondary N) is 1. The van der Waals surface area contributed by atoms with E-state index in [4.69, 9.17) is 9.47 Å². The fraction of sp³-hybridized carbons (Fsp3) is 0.300. The summed E-state index contributed by atoms with van der Waals surface area (Å²) in [6.07, 6.45) is -0.354. The number of para-hydroxylation sites is 2. The molecule has 1 atom stereocenters. The van der Waals surface area contributed by atoms with Gasteiger partial charge in [0.15, 0.2) is 6.10 Å². The molecule has 1 heterocycles. The van der Waals surface area contributed by atoms with Crippen LogP contribution in [0.15, 0.2) is 42.5 Å². The Morgan fingerprint density at radius 3 is 2.72 bits per heavy atom. The number of benzene rings is 2. The number of anilines is 2. The highest BCUT2D eigenvalue weighted by Gasteiger charge is 2.35. The average Bonchev–Trinajstić information content (AvgIpc) is 2.71. The molecule has 0 radical (unpaired) electrons. The molecule has 9 heteroatoms. The number of carbonyl (C=O) groups is 2. The summed E-state index contributed by atoms with van der Waals surface area (Å²) >= 11 is 0. The highest BCUT2D eigenvalue weighted by atomic mass is 16.6. The van der Waals surface area contributed by atoms with E-state index >= 15 is 0 Å². The van der Waals surface area contributed by atoms with Gasteiger partial charge in [0.1, 0.15) is 18.0 Å². The molecule has 2 amide bonds. The second-order valence-corrected chi connectivity index (χ2v) is 6.33. The molecule has 2 aromatic rings. The van der Waals surface area contributed by atoms with Gasteiger partial charge in [0.25, 0.3) is 11.6 Å². The summed E-state index contributed by atoms with van der Waals surface area (Å²) in [5.41, 5.74) is 0.482. The third-order valence-corrected chi connectivity index (χ3v) is 4.39. The van der Waals surface area contributed by atoms with Gasteiger partial charge in [0.05, 0.1) is 22.9 Å². The van der Waals surface area contributed by atoms with Crippen LogP contribution in [-0.4, -0.2) is 36.0 Å². The number of hydrogen-bond acceptors (Lipinski definition) is 6. The van der Waals surface area contributed by atoms with Crippen molar-refractivity contribution in [2.75, 3.05) is 23.4 Å². The molecule has 29 heavy (non-hydrogen) atoms. The highest BCUT2D eigenvalue weighted by Crippen LogP contribution is 2.37. The maximum absolute atomic E-state index is 12.8. The first-order chi connectivity index (χ1) is 13.9. The molecular formula is C20H21N3O6. The lowest BCUT2D eigenvalue weighted by Gasteiger charge is -2.33. The molecule has 1 aliphatic rings. The van der Waals surface area contributed by atoms with Crippen LogP contribution in [0.5, 0.6) is 11.5 Å². The van der Waals surface area contributed by atoms with Crippen LogP contribution in [0.2, 0.25) is 0 Å². The second-order valence-electron chi connectivity index (χ2n) is 6.33. The van der Waals surface area contributed by atoms with Crippen LogP contribution in [0, 0.1) is 10.1 Å². The molecule has 0 aliphatic carbocycles. The first-order valence-corrected chi connectivity index (χ1v) is 9.22. The molecule has 0 spiro atoms. The first kappa shape index (κ1) is 20.1. The number of ether oxygens (including phenoxy) is 2. The average molecular weight is 399 g/mol. The number of nitro benzene ring substituents is 1. The number of rotatable bonds is 7. The number of nitrogens with zero attached hydrogens (tertiary/aromatic N) is 2. The number of amides is 2. The Morgan fingerprint density at radius 2 is 2.03 bits per heavy atom. The zero-order valence-corrected chi connectivity index (χ0v) is 16.1. The van der Waals surface area contributed by atoms with Crippen LogP contribution in [0.1, 0.15) is 20.3 Å². The van der Waals surface area contributed by atoms with Crippen molar-refractivity contribution in [1.82, 2.24) is 0 Å². The molecule has 1 unspecified atom stereocenters. The Labute approximate surface area is 167 Å². The predicted octanol–water partition coefficient (Wildman–Crippen LogP) is 3.14. The quantitative estimate of drug-likeness (QED) is 0.566. The van der Waals surface area contributed by atoms with Gasteiger partial charge < -0.3 is 14.8 Å². The molecular weight excluding hydrogens is 378 g/mol. The first-order valence-electron chi connectivity index (χ1n) is 9.22. The molecule has 0 saturated carbocycles. The van der Waals surface area contributed by atoms with E-state index in [0.29, 0.717) is 30.2 Å². The van der Waals surface area contributed by atoms with Crippen LogP contribution >= 0.6 is 0 Å². The number of non-ortho nitro benzene ring substituents is 1. The van der Waals surface area contributed by atoms with Crippen molar-refractivity contribution in [2.45, 2.75) is 26.4 Å². The Kier molecular flexibility index (Phi) is 5.96. The summed E-state index contributed by atoms with van der Waals surface area (Å²) in [7, 11) is 0. The van der Waals surface area contributed by atoms with E-state index in [2.05, 4.69) is 5.32 Å². The molecule has 1 N–H and O–H groups in total. The maximum atomic E-state index is 12.8. The van der Waals surface area contributed by atoms with Gasteiger partial charge in [-0.25, -0.2) is 0 Å². The number of fused-ring (bicyclic) bond motifs is 1. The van der Waals surface area contributed by atoms with Crippen molar-refractivity contribution in [3.8, 4) is 11.5 Å². The maximum Gasteiger partial charge on any atom is 0.271 e. The fourth-order valence-electron chi connectivity index (χ4n) is 3.03. The van der Waals surface area contributed by atoms with Crippen molar-refractivity contribution in [1.29, 1.82) is 0 Å². The molecule has 0 saturated heterocycles. The Bertz CT molecular complexity index is 946. The van der Waals surface area contributed by atoms with Crippen LogP contribution < -0.4 is 19.7 Å². The van der Waals surface area contributed by atoms with Gasteiger partial charge in [-0.05, 0) is 31.5 Å². The minimum atomic E-state index is -0.757. The van der Waals surface area contributed by atoms with Crippen molar-refractivity contribution < 1.29 is 24.0 Å². The summed E-state index contributed by atoms with van der Waals surface area (Å²) in [5.74, 6) is -0.0443. The van der Waals surface area contributed by atoms with Crippen LogP contribution in [0.25, 0.3) is 0 Å². The van der Waals surface area contributed by atoms with Crippen molar-refractivity contribution >= 4 is 28.9 Å². The number of nitro groups is 1. The molecule has 152 valence electrons. The molecule has 9 nitrogen and oxygen atoms in total. The third kappa shape index (κ3) is 4.29. The zero-order valence-electron chi connectivity index (χ0n) is 16.1. The van der Waals surface area contributed by atoms with E-state index in [1.807, 2.05) is 6.92 Å². The van der Waals surface area contributed by atoms with E-state index in [9.17, 15) is 19.7 Å². The monoisotopic (exact) mass is 399 g/mol. The summed E-state index contributed by atoms with van der Waals surface area (Å²) in [5, 5.41) is 13.9. The van der Waals surface area contributed by atoms with Gasteiger partial charge in [-0.3, -0.25) is 24.6 Å². The lowest BCUT2D eigenvalue weighted by molar-refractivity contribution is -0.384. The SMILES string of the molecule is CCOc1ccccc1NC(=O)CN1C(=O)C(CC)Oc2ccc([N+](=O)[O-])cc21. The van der Waals surface area contributed by atoms with Gasteiger partial charge in [0.2, 0.25) is 5.91 Å². The third-order valence-electron chi connectivity index (χ3n) is 4.39. The van der Waals surface area contributed by atoms with Crippen molar-refractivity contribution in [3.63, 3.8) is 0 Å². The van der Waals surface area contributed by atoms with Gasteiger partial charge in [-0.1, -0.05) is 19.1 Å². The normalized spacial score (nSPS) is 15.3. The molecule has 0 fully saturated rings. The summed E-state index contributed by atoms with van der Waals surface area (Å²) in [4.78, 5) is 37.2.